The summed E-state index contributed by atoms with van der Waals surface area (Å²) < 4.78 is 1.12. The summed E-state index contributed by atoms with van der Waals surface area (Å²) in [6, 6.07) is 8.92. The van der Waals surface area contributed by atoms with Crippen molar-refractivity contribution in [2.75, 3.05) is 6.54 Å². The molecule has 98 valence electrons. The summed E-state index contributed by atoms with van der Waals surface area (Å²) >= 11 is 3.46. The first-order valence-corrected chi connectivity index (χ1v) is 7.42. The number of hydrogen-bond acceptors (Lipinski definition) is 2. The Labute approximate surface area is 117 Å². The van der Waals surface area contributed by atoms with Gasteiger partial charge in [0.15, 0.2) is 0 Å². The topological polar surface area (TPSA) is 20.3 Å². The number of hydrogen-bond donors (Lipinski definition) is 0. The molecule has 1 aromatic rings. The van der Waals surface area contributed by atoms with Gasteiger partial charge in [-0.15, -0.1) is 0 Å². The number of Topliss-reactive ketones (excluding diaryl/α,β-unsaturated/α-hetero) is 1. The van der Waals surface area contributed by atoms with E-state index in [4.69, 9.17) is 0 Å². The van der Waals surface area contributed by atoms with Crippen LogP contribution in [0.2, 0.25) is 0 Å². The van der Waals surface area contributed by atoms with E-state index in [2.05, 4.69) is 45.1 Å². The summed E-state index contributed by atoms with van der Waals surface area (Å²) in [5, 5.41) is 0. The number of carbonyl (C=O) groups is 1. The summed E-state index contributed by atoms with van der Waals surface area (Å²) in [6.07, 6.45) is 4.38. The minimum Gasteiger partial charge on any atom is -0.300 e. The number of benzene rings is 1. The zero-order chi connectivity index (χ0) is 13.0. The van der Waals surface area contributed by atoms with Gasteiger partial charge in [0.2, 0.25) is 0 Å². The number of nitrogens with zero attached hydrogens (tertiary/aromatic N) is 1. The molecule has 18 heavy (non-hydrogen) atoms. The second kappa shape index (κ2) is 6.48. The first-order chi connectivity index (χ1) is 8.65. The van der Waals surface area contributed by atoms with E-state index in [9.17, 15) is 4.79 Å². The Morgan fingerprint density at radius 3 is 2.72 bits per heavy atom. The van der Waals surface area contributed by atoms with Crippen LogP contribution in [0.3, 0.4) is 0 Å². The summed E-state index contributed by atoms with van der Waals surface area (Å²) in [7, 11) is 0. The SMILES string of the molecule is CC(=O)CC1CCCCN1Cc1ccc(Br)cc1. The minimum atomic E-state index is 0.308. The van der Waals surface area contributed by atoms with Crippen LogP contribution in [0.15, 0.2) is 28.7 Å². The first kappa shape index (κ1) is 13.8. The predicted molar refractivity (Wildman–Crippen MR) is 77.5 cm³/mol. The highest BCUT2D eigenvalue weighted by atomic mass is 79.9. The molecule has 1 aliphatic heterocycles. The van der Waals surface area contributed by atoms with Crippen molar-refractivity contribution in [3.63, 3.8) is 0 Å². The smallest absolute Gasteiger partial charge is 0.131 e. The number of rotatable bonds is 4. The van der Waals surface area contributed by atoms with Gasteiger partial charge in [-0.1, -0.05) is 34.5 Å². The third kappa shape index (κ3) is 3.92. The Balaban J connectivity index is 2.00. The highest BCUT2D eigenvalue weighted by Crippen LogP contribution is 2.22. The number of likely N-dealkylation sites (tertiary alicyclic amines) is 1. The van der Waals surface area contributed by atoms with Crippen molar-refractivity contribution in [1.82, 2.24) is 4.90 Å². The van der Waals surface area contributed by atoms with Crippen molar-refractivity contribution in [1.29, 1.82) is 0 Å². The highest BCUT2D eigenvalue weighted by Gasteiger charge is 2.23. The van der Waals surface area contributed by atoms with Crippen LogP contribution in [0.25, 0.3) is 0 Å². The van der Waals surface area contributed by atoms with E-state index in [1.54, 1.807) is 6.92 Å². The minimum absolute atomic E-state index is 0.308. The van der Waals surface area contributed by atoms with Gasteiger partial charge in [-0.3, -0.25) is 9.69 Å². The molecule has 1 fully saturated rings. The summed E-state index contributed by atoms with van der Waals surface area (Å²) in [4.78, 5) is 13.8. The average Bonchev–Trinajstić information content (AvgIpc) is 2.34. The van der Waals surface area contributed by atoms with Crippen LogP contribution in [0, 0.1) is 0 Å². The lowest BCUT2D eigenvalue weighted by Crippen LogP contribution is -2.39. The fourth-order valence-electron chi connectivity index (χ4n) is 2.66. The zero-order valence-electron chi connectivity index (χ0n) is 10.9. The zero-order valence-corrected chi connectivity index (χ0v) is 12.4. The van der Waals surface area contributed by atoms with Gasteiger partial charge in [-0.05, 0) is 44.0 Å². The number of piperidine rings is 1. The van der Waals surface area contributed by atoms with Crippen LogP contribution in [0.5, 0.6) is 0 Å². The molecular weight excluding hydrogens is 290 g/mol. The fraction of sp³-hybridized carbons (Fsp3) is 0.533. The van der Waals surface area contributed by atoms with Gasteiger partial charge in [-0.25, -0.2) is 0 Å². The molecule has 2 rings (SSSR count). The maximum atomic E-state index is 11.3. The van der Waals surface area contributed by atoms with Crippen LogP contribution in [0.4, 0.5) is 0 Å². The van der Waals surface area contributed by atoms with Gasteiger partial charge in [0.1, 0.15) is 5.78 Å². The molecule has 1 unspecified atom stereocenters. The third-order valence-corrected chi connectivity index (χ3v) is 4.10. The molecule has 1 saturated heterocycles. The van der Waals surface area contributed by atoms with Crippen molar-refractivity contribution in [3.05, 3.63) is 34.3 Å². The van der Waals surface area contributed by atoms with E-state index in [0.29, 0.717) is 18.2 Å². The lowest BCUT2D eigenvalue weighted by molar-refractivity contribution is -0.118. The highest BCUT2D eigenvalue weighted by molar-refractivity contribution is 9.10. The Bertz CT molecular complexity index is 401. The average molecular weight is 310 g/mol. The Hall–Kier alpha value is -0.670. The molecule has 0 saturated carbocycles. The summed E-state index contributed by atoms with van der Waals surface area (Å²) in [5.74, 6) is 0.308. The van der Waals surface area contributed by atoms with Crippen LogP contribution < -0.4 is 0 Å². The maximum Gasteiger partial charge on any atom is 0.131 e. The Kier molecular flexibility index (Phi) is 4.95. The van der Waals surface area contributed by atoms with E-state index in [-0.39, 0.29) is 0 Å². The molecule has 1 atom stereocenters. The Morgan fingerprint density at radius 2 is 2.06 bits per heavy atom. The van der Waals surface area contributed by atoms with E-state index in [1.807, 2.05) is 0 Å². The second-order valence-corrected chi connectivity index (χ2v) is 6.07. The molecule has 0 aromatic heterocycles. The van der Waals surface area contributed by atoms with Crippen molar-refractivity contribution in [2.24, 2.45) is 0 Å². The second-order valence-electron chi connectivity index (χ2n) is 5.15. The first-order valence-electron chi connectivity index (χ1n) is 6.63. The lowest BCUT2D eigenvalue weighted by atomic mass is 9.97. The van der Waals surface area contributed by atoms with Crippen LogP contribution in [0.1, 0.15) is 38.2 Å². The van der Waals surface area contributed by atoms with Crippen molar-refractivity contribution < 1.29 is 4.79 Å². The molecule has 1 heterocycles. The van der Waals surface area contributed by atoms with Crippen LogP contribution in [-0.2, 0) is 11.3 Å². The lowest BCUT2D eigenvalue weighted by Gasteiger charge is -2.35. The maximum absolute atomic E-state index is 11.3. The molecule has 1 aliphatic rings. The number of halogens is 1. The largest absolute Gasteiger partial charge is 0.300 e. The fourth-order valence-corrected chi connectivity index (χ4v) is 2.92. The van der Waals surface area contributed by atoms with Crippen molar-refractivity contribution in [2.45, 2.75) is 45.2 Å². The molecule has 0 radical (unpaired) electrons. The molecule has 3 heteroatoms. The van der Waals surface area contributed by atoms with E-state index in [0.717, 1.165) is 24.0 Å². The van der Waals surface area contributed by atoms with E-state index < -0.39 is 0 Å². The van der Waals surface area contributed by atoms with Gasteiger partial charge in [0.05, 0.1) is 0 Å². The monoisotopic (exact) mass is 309 g/mol. The van der Waals surface area contributed by atoms with Gasteiger partial charge < -0.3 is 0 Å². The van der Waals surface area contributed by atoms with Gasteiger partial charge >= 0.3 is 0 Å². The third-order valence-electron chi connectivity index (χ3n) is 3.57. The Morgan fingerprint density at radius 1 is 1.33 bits per heavy atom. The normalized spacial score (nSPS) is 20.9. The standard InChI is InChI=1S/C15H20BrNO/c1-12(18)10-15-4-2-3-9-17(15)11-13-5-7-14(16)8-6-13/h5-8,15H,2-4,9-11H2,1H3. The molecule has 0 spiro atoms. The van der Waals surface area contributed by atoms with Crippen molar-refractivity contribution in [3.8, 4) is 0 Å². The summed E-state index contributed by atoms with van der Waals surface area (Å²) in [6.45, 7) is 3.78. The molecule has 0 N–H and O–H groups in total. The van der Waals surface area contributed by atoms with Gasteiger partial charge in [0, 0.05) is 23.5 Å². The van der Waals surface area contributed by atoms with Crippen LogP contribution >= 0.6 is 15.9 Å². The number of carbonyl (C=O) groups excluding carboxylic acids is 1. The molecule has 0 aliphatic carbocycles. The quantitative estimate of drug-likeness (QED) is 0.843. The predicted octanol–water partition coefficient (Wildman–Crippen LogP) is 3.78. The van der Waals surface area contributed by atoms with Crippen LogP contribution in [-0.4, -0.2) is 23.3 Å². The molecule has 1 aromatic carbocycles. The number of ketones is 1. The van der Waals surface area contributed by atoms with Gasteiger partial charge in [0.25, 0.3) is 0 Å². The molecule has 0 amide bonds. The van der Waals surface area contributed by atoms with E-state index >= 15 is 0 Å². The summed E-state index contributed by atoms with van der Waals surface area (Å²) in [5.41, 5.74) is 1.33. The van der Waals surface area contributed by atoms with Crippen molar-refractivity contribution >= 4 is 21.7 Å². The molecular formula is C15H20BrNO. The molecule has 2 nitrogen and oxygen atoms in total. The van der Waals surface area contributed by atoms with E-state index in [1.165, 1.54) is 18.4 Å². The van der Waals surface area contributed by atoms with Gasteiger partial charge in [-0.2, -0.15) is 0 Å². The molecule has 0 bridgehead atoms.